The molecule has 2 rings (SSSR count). The van der Waals surface area contributed by atoms with Crippen LogP contribution < -0.4 is 5.32 Å². The molecular weight excluding hydrogens is 256 g/mol. The number of aromatic nitrogens is 2. The summed E-state index contributed by atoms with van der Waals surface area (Å²) in [6.07, 6.45) is 7.40. The van der Waals surface area contributed by atoms with Crippen LogP contribution in [-0.2, 0) is 23.1 Å². The van der Waals surface area contributed by atoms with Gasteiger partial charge in [0.2, 0.25) is 11.8 Å². The molecule has 0 unspecified atom stereocenters. The Morgan fingerprint density at radius 3 is 3.00 bits per heavy atom. The van der Waals surface area contributed by atoms with Crippen LogP contribution in [-0.4, -0.2) is 46.1 Å². The fourth-order valence-corrected chi connectivity index (χ4v) is 2.41. The van der Waals surface area contributed by atoms with E-state index in [4.69, 9.17) is 0 Å². The average Bonchev–Trinajstić information content (AvgIpc) is 2.99. The average molecular weight is 278 g/mol. The van der Waals surface area contributed by atoms with E-state index in [0.717, 1.165) is 31.4 Å². The second-order valence-electron chi connectivity index (χ2n) is 5.21. The second-order valence-corrected chi connectivity index (χ2v) is 5.21. The standard InChI is InChI=1S/C14H22N4O2/c1-17-11-12(10-16-17)6-7-15-13(19)4-2-8-18-9-3-5-14(18)20/h10-11H,2-9H2,1H3,(H,15,19). The van der Waals surface area contributed by atoms with E-state index in [1.54, 1.807) is 4.68 Å². The molecule has 0 spiro atoms. The van der Waals surface area contributed by atoms with Gasteiger partial charge in [-0.2, -0.15) is 5.10 Å². The summed E-state index contributed by atoms with van der Waals surface area (Å²) >= 11 is 0. The number of carbonyl (C=O) groups excluding carboxylic acids is 2. The number of hydrogen-bond acceptors (Lipinski definition) is 3. The largest absolute Gasteiger partial charge is 0.356 e. The molecule has 2 amide bonds. The molecular formula is C14H22N4O2. The van der Waals surface area contributed by atoms with Gasteiger partial charge in [-0.05, 0) is 24.8 Å². The van der Waals surface area contributed by atoms with Crippen molar-refractivity contribution in [1.82, 2.24) is 20.0 Å². The minimum Gasteiger partial charge on any atom is -0.356 e. The van der Waals surface area contributed by atoms with Crippen molar-refractivity contribution in [2.45, 2.75) is 32.1 Å². The zero-order valence-corrected chi connectivity index (χ0v) is 12.0. The molecule has 0 aliphatic carbocycles. The molecule has 6 nitrogen and oxygen atoms in total. The first-order chi connectivity index (χ1) is 9.65. The van der Waals surface area contributed by atoms with Crippen LogP contribution >= 0.6 is 0 Å². The molecule has 0 atom stereocenters. The Labute approximate surface area is 119 Å². The van der Waals surface area contributed by atoms with E-state index in [0.29, 0.717) is 25.9 Å². The van der Waals surface area contributed by atoms with Crippen LogP contribution in [0, 0.1) is 0 Å². The predicted molar refractivity (Wildman–Crippen MR) is 75.0 cm³/mol. The monoisotopic (exact) mass is 278 g/mol. The predicted octanol–water partition coefficient (Wildman–Crippen LogP) is 0.481. The summed E-state index contributed by atoms with van der Waals surface area (Å²) in [6, 6.07) is 0. The first-order valence-corrected chi connectivity index (χ1v) is 7.17. The maximum Gasteiger partial charge on any atom is 0.222 e. The van der Waals surface area contributed by atoms with Crippen molar-refractivity contribution in [3.63, 3.8) is 0 Å². The number of rotatable bonds is 7. The Kier molecular flexibility index (Phi) is 5.15. The lowest BCUT2D eigenvalue weighted by atomic mass is 10.2. The summed E-state index contributed by atoms with van der Waals surface area (Å²) in [6.45, 7) is 2.18. The van der Waals surface area contributed by atoms with Gasteiger partial charge in [0.05, 0.1) is 6.20 Å². The smallest absolute Gasteiger partial charge is 0.222 e. The van der Waals surface area contributed by atoms with Gasteiger partial charge < -0.3 is 10.2 Å². The van der Waals surface area contributed by atoms with Gasteiger partial charge in [-0.15, -0.1) is 0 Å². The van der Waals surface area contributed by atoms with Crippen LogP contribution in [0.25, 0.3) is 0 Å². The normalized spacial score (nSPS) is 14.8. The van der Waals surface area contributed by atoms with Gasteiger partial charge in [0.25, 0.3) is 0 Å². The summed E-state index contributed by atoms with van der Waals surface area (Å²) in [4.78, 5) is 24.9. The van der Waals surface area contributed by atoms with Crippen molar-refractivity contribution in [2.24, 2.45) is 7.05 Å². The van der Waals surface area contributed by atoms with Crippen molar-refractivity contribution in [3.8, 4) is 0 Å². The van der Waals surface area contributed by atoms with E-state index < -0.39 is 0 Å². The van der Waals surface area contributed by atoms with E-state index in [9.17, 15) is 9.59 Å². The fraction of sp³-hybridized carbons (Fsp3) is 0.643. The van der Waals surface area contributed by atoms with Crippen molar-refractivity contribution >= 4 is 11.8 Å². The maximum atomic E-state index is 11.7. The number of aryl methyl sites for hydroxylation is 1. The molecule has 1 aliphatic rings. The Morgan fingerprint density at radius 2 is 2.35 bits per heavy atom. The van der Waals surface area contributed by atoms with Gasteiger partial charge in [0, 0.05) is 45.7 Å². The second kappa shape index (κ2) is 7.07. The van der Waals surface area contributed by atoms with Gasteiger partial charge in [-0.25, -0.2) is 0 Å². The first-order valence-electron chi connectivity index (χ1n) is 7.17. The zero-order chi connectivity index (χ0) is 14.4. The lowest BCUT2D eigenvalue weighted by Crippen LogP contribution is -2.29. The Hall–Kier alpha value is -1.85. The van der Waals surface area contributed by atoms with Crippen LogP contribution in [0.2, 0.25) is 0 Å². The van der Waals surface area contributed by atoms with E-state index in [1.807, 2.05) is 24.3 Å². The van der Waals surface area contributed by atoms with Crippen LogP contribution in [0.15, 0.2) is 12.4 Å². The van der Waals surface area contributed by atoms with Crippen LogP contribution in [0.4, 0.5) is 0 Å². The van der Waals surface area contributed by atoms with Crippen molar-refractivity contribution in [3.05, 3.63) is 18.0 Å². The lowest BCUT2D eigenvalue weighted by molar-refractivity contribution is -0.128. The van der Waals surface area contributed by atoms with Crippen LogP contribution in [0.1, 0.15) is 31.2 Å². The van der Waals surface area contributed by atoms with Gasteiger partial charge in [-0.3, -0.25) is 14.3 Å². The number of carbonyl (C=O) groups is 2. The molecule has 0 saturated carbocycles. The molecule has 2 heterocycles. The number of nitrogens with zero attached hydrogens (tertiary/aromatic N) is 3. The third-order valence-corrected chi connectivity index (χ3v) is 3.50. The number of likely N-dealkylation sites (tertiary alicyclic amines) is 1. The molecule has 1 aromatic rings. The highest BCUT2D eigenvalue weighted by Gasteiger charge is 2.19. The third kappa shape index (κ3) is 4.36. The molecule has 1 fully saturated rings. The summed E-state index contributed by atoms with van der Waals surface area (Å²) < 4.78 is 1.75. The molecule has 0 radical (unpaired) electrons. The van der Waals surface area contributed by atoms with Gasteiger partial charge in [0.1, 0.15) is 0 Å². The van der Waals surface area contributed by atoms with Gasteiger partial charge >= 0.3 is 0 Å². The molecule has 1 saturated heterocycles. The van der Waals surface area contributed by atoms with E-state index >= 15 is 0 Å². The highest BCUT2D eigenvalue weighted by atomic mass is 16.2. The highest BCUT2D eigenvalue weighted by Crippen LogP contribution is 2.10. The number of nitrogens with one attached hydrogen (secondary N) is 1. The zero-order valence-electron chi connectivity index (χ0n) is 12.0. The third-order valence-electron chi connectivity index (χ3n) is 3.50. The highest BCUT2D eigenvalue weighted by molar-refractivity contribution is 5.78. The van der Waals surface area contributed by atoms with Crippen LogP contribution in [0.5, 0.6) is 0 Å². The Balaban J connectivity index is 1.55. The summed E-state index contributed by atoms with van der Waals surface area (Å²) in [5.74, 6) is 0.280. The summed E-state index contributed by atoms with van der Waals surface area (Å²) in [5, 5.41) is 6.98. The summed E-state index contributed by atoms with van der Waals surface area (Å²) in [7, 11) is 1.88. The maximum absolute atomic E-state index is 11.7. The lowest BCUT2D eigenvalue weighted by Gasteiger charge is -2.14. The van der Waals surface area contributed by atoms with E-state index in [1.165, 1.54) is 0 Å². The van der Waals surface area contributed by atoms with E-state index in [2.05, 4.69) is 10.4 Å². The summed E-state index contributed by atoms with van der Waals surface area (Å²) in [5.41, 5.74) is 1.12. The van der Waals surface area contributed by atoms with Crippen molar-refractivity contribution in [1.29, 1.82) is 0 Å². The molecule has 1 aromatic heterocycles. The minimum atomic E-state index is 0.0561. The molecule has 110 valence electrons. The Bertz CT molecular complexity index is 469. The van der Waals surface area contributed by atoms with Gasteiger partial charge in [-0.1, -0.05) is 0 Å². The van der Waals surface area contributed by atoms with Crippen molar-refractivity contribution < 1.29 is 9.59 Å². The first kappa shape index (κ1) is 14.6. The quantitative estimate of drug-likeness (QED) is 0.789. The Morgan fingerprint density at radius 1 is 1.50 bits per heavy atom. The molecule has 1 N–H and O–H groups in total. The fourth-order valence-electron chi connectivity index (χ4n) is 2.41. The number of amides is 2. The molecule has 1 aliphatic heterocycles. The molecule has 20 heavy (non-hydrogen) atoms. The van der Waals surface area contributed by atoms with Crippen LogP contribution in [0.3, 0.4) is 0 Å². The topological polar surface area (TPSA) is 67.2 Å². The minimum absolute atomic E-state index is 0.0561. The van der Waals surface area contributed by atoms with Gasteiger partial charge in [0.15, 0.2) is 0 Å². The van der Waals surface area contributed by atoms with E-state index in [-0.39, 0.29) is 11.8 Å². The molecule has 0 aromatic carbocycles. The number of hydrogen-bond donors (Lipinski definition) is 1. The molecule has 6 heteroatoms. The SMILES string of the molecule is Cn1cc(CCNC(=O)CCCN2CCCC2=O)cn1. The molecule has 0 bridgehead atoms. The van der Waals surface area contributed by atoms with Crippen molar-refractivity contribution in [2.75, 3.05) is 19.6 Å².